The second-order valence-electron chi connectivity index (χ2n) is 4.86. The number of carbonyl (C=O) groups excluding carboxylic acids is 1. The van der Waals surface area contributed by atoms with Gasteiger partial charge in [-0.15, -0.1) is 0 Å². The van der Waals surface area contributed by atoms with Crippen molar-refractivity contribution in [2.24, 2.45) is 4.99 Å². The summed E-state index contributed by atoms with van der Waals surface area (Å²) in [6.45, 7) is 6.11. The maximum absolute atomic E-state index is 12.2. The molecule has 0 aliphatic heterocycles. The lowest BCUT2D eigenvalue weighted by molar-refractivity contribution is -0.134. The van der Waals surface area contributed by atoms with Crippen LogP contribution in [-0.4, -0.2) is 23.3 Å². The molecule has 0 atom stereocenters. The van der Waals surface area contributed by atoms with E-state index in [0.717, 1.165) is 16.5 Å². The maximum Gasteiger partial charge on any atom is 0.359 e. The minimum atomic E-state index is -0.431. The number of aliphatic imine (C=N–C) groups is 1. The van der Waals surface area contributed by atoms with Crippen molar-refractivity contribution in [3.63, 3.8) is 0 Å². The van der Waals surface area contributed by atoms with E-state index in [1.54, 1.807) is 13.1 Å². The number of aryl methyl sites for hydroxylation is 2. The minimum Gasteiger partial charge on any atom is -0.461 e. The van der Waals surface area contributed by atoms with Gasteiger partial charge in [0.15, 0.2) is 5.71 Å². The topological polar surface area (TPSA) is 54.4 Å². The van der Waals surface area contributed by atoms with Crippen molar-refractivity contribution >= 4 is 33.3 Å². The van der Waals surface area contributed by atoms with E-state index in [-0.39, 0.29) is 5.71 Å². The first kappa shape index (κ1) is 16.5. The van der Waals surface area contributed by atoms with Crippen molar-refractivity contribution in [1.29, 1.82) is 0 Å². The predicted molar refractivity (Wildman–Crippen MR) is 91.9 cm³/mol. The van der Waals surface area contributed by atoms with Gasteiger partial charge in [0.25, 0.3) is 0 Å². The van der Waals surface area contributed by atoms with E-state index in [1.165, 1.54) is 5.56 Å². The van der Waals surface area contributed by atoms with Crippen molar-refractivity contribution in [3.8, 4) is 0 Å². The van der Waals surface area contributed by atoms with Crippen LogP contribution >= 0.6 is 15.9 Å². The molecule has 5 heteroatoms. The third-order valence-electron chi connectivity index (χ3n) is 3.31. The van der Waals surface area contributed by atoms with Crippen molar-refractivity contribution < 1.29 is 9.53 Å². The first-order chi connectivity index (χ1) is 10.6. The molecule has 0 aliphatic rings. The molecule has 4 nitrogen and oxygen atoms in total. The third-order valence-corrected chi connectivity index (χ3v) is 3.95. The fourth-order valence-electron chi connectivity index (χ4n) is 2.09. The van der Waals surface area contributed by atoms with E-state index in [9.17, 15) is 4.79 Å². The van der Waals surface area contributed by atoms with Gasteiger partial charge in [-0.25, -0.2) is 9.79 Å². The number of esters is 1. The number of H-pyrrole nitrogens is 1. The molecule has 0 aliphatic carbocycles. The molecule has 116 valence electrons. The van der Waals surface area contributed by atoms with Crippen LogP contribution in [0.1, 0.15) is 30.7 Å². The van der Waals surface area contributed by atoms with Gasteiger partial charge in [-0.3, -0.25) is 0 Å². The number of aromatic nitrogens is 1. The Kier molecular flexibility index (Phi) is 5.55. The van der Waals surface area contributed by atoms with Gasteiger partial charge < -0.3 is 9.72 Å². The molecule has 0 spiro atoms. The summed E-state index contributed by atoms with van der Waals surface area (Å²) in [6, 6.07) is 7.83. The van der Waals surface area contributed by atoms with Crippen LogP contribution < -0.4 is 0 Å². The molecule has 1 heterocycles. The number of nitrogens with one attached hydrogen (secondary N) is 1. The van der Waals surface area contributed by atoms with Crippen LogP contribution in [0.3, 0.4) is 0 Å². The molecule has 2 rings (SSSR count). The monoisotopic (exact) mass is 362 g/mol. The number of rotatable bonds is 5. The van der Waals surface area contributed by atoms with Crippen LogP contribution in [0.25, 0.3) is 0 Å². The molecule has 22 heavy (non-hydrogen) atoms. The van der Waals surface area contributed by atoms with Crippen molar-refractivity contribution in [2.75, 3.05) is 6.61 Å². The Morgan fingerprint density at radius 1 is 1.32 bits per heavy atom. The van der Waals surface area contributed by atoms with E-state index >= 15 is 0 Å². The minimum absolute atomic E-state index is 0.286. The fraction of sp³-hybridized carbons (Fsp3) is 0.294. The van der Waals surface area contributed by atoms with Crippen molar-refractivity contribution in [1.82, 2.24) is 4.98 Å². The van der Waals surface area contributed by atoms with Crippen molar-refractivity contribution in [2.45, 2.75) is 27.2 Å². The first-order valence-electron chi connectivity index (χ1n) is 7.25. The standard InChI is InChI=1S/C17H19BrN2O2/c1-4-12-6-7-14(13(18)10-12)20-16(17(21)22-5-2)15-11(3)8-9-19-15/h6-10,19H,4-5H2,1-3H3. The summed E-state index contributed by atoms with van der Waals surface area (Å²) in [5, 5.41) is 0. The zero-order valence-electron chi connectivity index (χ0n) is 12.9. The SMILES string of the molecule is CCOC(=O)C(=Nc1ccc(CC)cc1Br)c1[nH]ccc1C. The Balaban J connectivity index is 2.49. The number of hydrogen-bond donors (Lipinski definition) is 1. The molecule has 0 fully saturated rings. The summed E-state index contributed by atoms with van der Waals surface area (Å²) >= 11 is 3.52. The van der Waals surface area contributed by atoms with Gasteiger partial charge in [0.1, 0.15) is 0 Å². The van der Waals surface area contributed by atoms with E-state index in [4.69, 9.17) is 4.74 Å². The van der Waals surface area contributed by atoms with E-state index in [1.807, 2.05) is 31.2 Å². The quantitative estimate of drug-likeness (QED) is 0.635. The summed E-state index contributed by atoms with van der Waals surface area (Å²) in [5.41, 5.74) is 3.83. The highest BCUT2D eigenvalue weighted by atomic mass is 79.9. The average Bonchev–Trinajstić information content (AvgIpc) is 2.92. The van der Waals surface area contributed by atoms with E-state index < -0.39 is 5.97 Å². The summed E-state index contributed by atoms with van der Waals surface area (Å²) in [6.07, 6.45) is 2.73. The van der Waals surface area contributed by atoms with Crippen LogP contribution in [0.5, 0.6) is 0 Å². The Morgan fingerprint density at radius 2 is 2.09 bits per heavy atom. The molecule has 1 aromatic heterocycles. The Bertz CT molecular complexity index is 704. The van der Waals surface area contributed by atoms with Gasteiger partial charge in [0.2, 0.25) is 0 Å². The summed E-state index contributed by atoms with van der Waals surface area (Å²) in [5.74, 6) is -0.431. The molecule has 0 bridgehead atoms. The normalized spacial score (nSPS) is 11.5. The van der Waals surface area contributed by atoms with Gasteiger partial charge in [-0.2, -0.15) is 0 Å². The number of halogens is 1. The van der Waals surface area contributed by atoms with Gasteiger partial charge in [-0.1, -0.05) is 13.0 Å². The molecule has 0 amide bonds. The lowest BCUT2D eigenvalue weighted by Gasteiger charge is -2.08. The van der Waals surface area contributed by atoms with Crippen LogP contribution in [0.2, 0.25) is 0 Å². The first-order valence-corrected chi connectivity index (χ1v) is 8.04. The fourth-order valence-corrected chi connectivity index (χ4v) is 2.60. The number of ether oxygens (including phenoxy) is 1. The van der Waals surface area contributed by atoms with Crippen molar-refractivity contribution in [3.05, 3.63) is 51.8 Å². The molecule has 1 aromatic carbocycles. The number of carbonyl (C=O) groups is 1. The predicted octanol–water partition coefficient (Wildman–Crippen LogP) is 4.33. The number of aromatic amines is 1. The molecule has 2 aromatic rings. The van der Waals surface area contributed by atoms with Gasteiger partial charge in [0, 0.05) is 10.7 Å². The molecular weight excluding hydrogens is 344 g/mol. The van der Waals surface area contributed by atoms with Gasteiger partial charge in [-0.05, 0) is 65.5 Å². The summed E-state index contributed by atoms with van der Waals surface area (Å²) in [7, 11) is 0. The average molecular weight is 363 g/mol. The molecule has 0 unspecified atom stereocenters. The molecular formula is C17H19BrN2O2. The van der Waals surface area contributed by atoms with Crippen LogP contribution in [0.4, 0.5) is 5.69 Å². The molecule has 0 saturated heterocycles. The van der Waals surface area contributed by atoms with Crippen LogP contribution in [-0.2, 0) is 16.0 Å². The number of hydrogen-bond acceptors (Lipinski definition) is 3. The second-order valence-corrected chi connectivity index (χ2v) is 5.71. The number of benzene rings is 1. The highest BCUT2D eigenvalue weighted by Gasteiger charge is 2.19. The third kappa shape index (κ3) is 3.65. The number of nitrogens with zero attached hydrogens (tertiary/aromatic N) is 1. The highest BCUT2D eigenvalue weighted by molar-refractivity contribution is 9.10. The Hall–Kier alpha value is -1.88. The Morgan fingerprint density at radius 3 is 2.64 bits per heavy atom. The van der Waals surface area contributed by atoms with E-state index in [0.29, 0.717) is 18.0 Å². The van der Waals surface area contributed by atoms with Crippen LogP contribution in [0.15, 0.2) is 39.9 Å². The zero-order valence-corrected chi connectivity index (χ0v) is 14.5. The van der Waals surface area contributed by atoms with Gasteiger partial charge in [0.05, 0.1) is 18.0 Å². The lowest BCUT2D eigenvalue weighted by atomic mass is 10.1. The Labute approximate surface area is 138 Å². The molecule has 0 radical (unpaired) electrons. The maximum atomic E-state index is 12.2. The zero-order chi connectivity index (χ0) is 16.1. The summed E-state index contributed by atoms with van der Waals surface area (Å²) < 4.78 is 5.99. The smallest absolute Gasteiger partial charge is 0.359 e. The second kappa shape index (κ2) is 7.40. The highest BCUT2D eigenvalue weighted by Crippen LogP contribution is 2.28. The molecule has 0 saturated carbocycles. The largest absolute Gasteiger partial charge is 0.461 e. The van der Waals surface area contributed by atoms with E-state index in [2.05, 4.69) is 32.8 Å². The lowest BCUT2D eigenvalue weighted by Crippen LogP contribution is -2.20. The summed E-state index contributed by atoms with van der Waals surface area (Å²) in [4.78, 5) is 19.8. The molecule has 1 N–H and O–H groups in total. The van der Waals surface area contributed by atoms with Crippen LogP contribution in [0, 0.1) is 6.92 Å². The van der Waals surface area contributed by atoms with Gasteiger partial charge >= 0.3 is 5.97 Å².